The zero-order chi connectivity index (χ0) is 26.2. The Kier molecular flexibility index (Phi) is 5.16. The van der Waals surface area contributed by atoms with E-state index in [1.165, 1.54) is 0 Å². The minimum atomic E-state index is 0. The number of aromatic nitrogens is 8. The molecule has 0 saturated carbocycles. The average molecular weight is 523 g/mol. The fourth-order valence-electron chi connectivity index (χ4n) is 5.59. The monoisotopic (exact) mass is 522 g/mol. The van der Waals surface area contributed by atoms with Crippen LogP contribution in [-0.2, 0) is 0 Å². The molecule has 41 heavy (non-hydrogen) atoms. The maximum absolute atomic E-state index is 5.02. The Labute approximate surface area is 244 Å². The summed E-state index contributed by atoms with van der Waals surface area (Å²) >= 11 is 0. The van der Waals surface area contributed by atoms with E-state index in [-0.39, 0.29) is 18.9 Å². The van der Waals surface area contributed by atoms with Gasteiger partial charge in [-0.3, -0.25) is 0 Å². The van der Waals surface area contributed by atoms with Gasteiger partial charge in [0.05, 0.1) is 0 Å². The van der Waals surface area contributed by atoms with Crippen molar-refractivity contribution in [2.75, 3.05) is 0 Å². The second-order valence-corrected chi connectivity index (χ2v) is 9.79. The van der Waals surface area contributed by atoms with Gasteiger partial charge in [0.2, 0.25) is 0 Å². The van der Waals surface area contributed by atoms with Crippen molar-refractivity contribution in [3.63, 3.8) is 0 Å². The molecule has 3 aromatic heterocycles. The van der Waals surface area contributed by atoms with E-state index in [1.54, 1.807) is 0 Å². The third-order valence-electron chi connectivity index (χ3n) is 7.46. The Morgan fingerprint density at radius 1 is 0.317 bits per heavy atom. The van der Waals surface area contributed by atoms with Gasteiger partial charge in [0.25, 0.3) is 0 Å². The topological polar surface area (TPSA) is 109 Å². The van der Waals surface area contributed by atoms with Crippen LogP contribution in [0.3, 0.4) is 0 Å². The number of fused-ring (bicyclic) bond motifs is 20. The minimum absolute atomic E-state index is 0. The van der Waals surface area contributed by atoms with Crippen molar-refractivity contribution in [2.24, 2.45) is 0 Å². The number of hydrogen-bond acceptors (Lipinski definition) is 6. The molecule has 0 amide bonds. The molecule has 0 unspecified atom stereocenters. The van der Waals surface area contributed by atoms with E-state index in [4.69, 9.17) is 29.9 Å². The summed E-state index contributed by atoms with van der Waals surface area (Å²) in [7, 11) is 0. The van der Waals surface area contributed by atoms with Gasteiger partial charge in [0, 0.05) is 43.8 Å². The molecule has 9 rings (SSSR count). The summed E-state index contributed by atoms with van der Waals surface area (Å²) in [5.41, 5.74) is 6.45. The molecule has 0 atom stereocenters. The molecule has 2 aliphatic heterocycles. The first-order valence-corrected chi connectivity index (χ1v) is 13.0. The summed E-state index contributed by atoms with van der Waals surface area (Å²) in [4.78, 5) is 36.8. The average Bonchev–Trinajstić information content (AvgIpc) is 3.73. The van der Waals surface area contributed by atoms with E-state index in [9.17, 15) is 0 Å². The van der Waals surface area contributed by atoms with Crippen molar-refractivity contribution in [1.29, 1.82) is 0 Å². The fourth-order valence-corrected chi connectivity index (χ4v) is 5.59. The quantitative estimate of drug-likeness (QED) is 0.229. The normalized spacial score (nSPS) is 11.7. The molecule has 8 nitrogen and oxygen atoms in total. The number of nitrogens with one attached hydrogen (secondary N) is 2. The summed E-state index contributed by atoms with van der Waals surface area (Å²) in [5, 5.41) is 3.82. The molecule has 8 bridgehead atoms. The first-order chi connectivity index (χ1) is 19.8. The van der Waals surface area contributed by atoms with E-state index in [0.717, 1.165) is 43.8 Å². The molecule has 0 saturated heterocycles. The van der Waals surface area contributed by atoms with Gasteiger partial charge in [-0.2, -0.15) is 0 Å². The second kappa shape index (κ2) is 8.93. The summed E-state index contributed by atoms with van der Waals surface area (Å²) in [6, 6.07) is 32.2. The number of rotatable bonds is 0. The van der Waals surface area contributed by atoms with E-state index in [2.05, 4.69) is 9.97 Å². The first-order valence-electron chi connectivity index (χ1n) is 13.0. The van der Waals surface area contributed by atoms with Crippen LogP contribution >= 0.6 is 0 Å². The van der Waals surface area contributed by atoms with Crippen molar-refractivity contribution < 1.29 is 0 Å². The van der Waals surface area contributed by atoms with Gasteiger partial charge >= 0.3 is 18.9 Å². The Morgan fingerprint density at radius 2 is 0.561 bits per heavy atom. The minimum Gasteiger partial charge on any atom is -0.324 e. The molecule has 4 aromatic carbocycles. The van der Waals surface area contributed by atoms with Gasteiger partial charge in [-0.05, 0) is 0 Å². The smallest absolute Gasteiger partial charge is 0.164 e. The second-order valence-electron chi connectivity index (χ2n) is 9.79. The Bertz CT molecular complexity index is 2030. The SMILES string of the molecule is [LiH].c1ccc2c(c1)-c1nc-2nc2[nH]c(nc3nc(nc4[nH]c(n1)c1ccccc41)-c1ccccc1-3)c1ccccc21. The molecule has 0 aliphatic carbocycles. The predicted octanol–water partition coefficient (Wildman–Crippen LogP) is 6.22. The number of nitrogens with zero attached hydrogens (tertiary/aromatic N) is 6. The van der Waals surface area contributed by atoms with Crippen LogP contribution in [0.5, 0.6) is 0 Å². The molecular weight excluding hydrogens is 503 g/mol. The maximum atomic E-state index is 5.02. The van der Waals surface area contributed by atoms with E-state index >= 15 is 0 Å². The molecule has 7 aromatic rings. The van der Waals surface area contributed by atoms with E-state index < -0.39 is 0 Å². The van der Waals surface area contributed by atoms with Crippen molar-refractivity contribution in [3.05, 3.63) is 97.1 Å². The predicted molar refractivity (Wildman–Crippen MR) is 163 cm³/mol. The van der Waals surface area contributed by atoms with Gasteiger partial charge in [-0.1, -0.05) is 97.1 Å². The molecule has 0 spiro atoms. The summed E-state index contributed by atoms with van der Waals surface area (Å²) < 4.78 is 0. The zero-order valence-corrected chi connectivity index (χ0v) is 20.9. The molecule has 5 heterocycles. The van der Waals surface area contributed by atoms with Gasteiger partial charge in [0.15, 0.2) is 23.3 Å². The first kappa shape index (κ1) is 23.7. The van der Waals surface area contributed by atoms with Crippen LogP contribution in [0.4, 0.5) is 0 Å². The third kappa shape index (κ3) is 3.55. The molecule has 9 heteroatoms. The van der Waals surface area contributed by atoms with Crippen molar-refractivity contribution in [3.8, 4) is 45.6 Å². The Morgan fingerprint density at radius 3 is 0.829 bits per heavy atom. The largest absolute Gasteiger partial charge is 0.324 e. The number of aromatic amines is 2. The van der Waals surface area contributed by atoms with Crippen LogP contribution in [0.1, 0.15) is 0 Å². The molecular formula is C32H19LiN8. The summed E-state index contributed by atoms with van der Waals surface area (Å²) in [6.45, 7) is 0. The maximum Gasteiger partial charge on any atom is 0.164 e. The molecule has 188 valence electrons. The van der Waals surface area contributed by atoms with Gasteiger partial charge in [0.1, 0.15) is 22.6 Å². The molecule has 2 aliphatic rings. The van der Waals surface area contributed by atoms with Gasteiger partial charge < -0.3 is 9.97 Å². The number of benzene rings is 4. The third-order valence-corrected chi connectivity index (χ3v) is 7.46. The van der Waals surface area contributed by atoms with Crippen molar-refractivity contribution >= 4 is 63.0 Å². The van der Waals surface area contributed by atoms with Gasteiger partial charge in [-0.15, -0.1) is 0 Å². The van der Waals surface area contributed by atoms with Crippen LogP contribution in [0.2, 0.25) is 0 Å². The van der Waals surface area contributed by atoms with Crippen molar-refractivity contribution in [1.82, 2.24) is 39.9 Å². The number of H-pyrrole nitrogens is 2. The standard InChI is InChI=1S/C32H18N8.Li.H/c1-2-10-18-17(9-1)25-33-26(18)38-28-21-13-5-6-14-22(21)30(35-28)40-32-24-16-8-7-15-23(24)31(36-32)39-29-20-12-4-3-11-19(20)27(34-29)37-25;;/h1-16H,(H2,33,34,35,36,37,38,39,40);;. The van der Waals surface area contributed by atoms with E-state index in [0.29, 0.717) is 45.9 Å². The summed E-state index contributed by atoms with van der Waals surface area (Å²) in [5.74, 6) is 2.39. The Hall–Kier alpha value is -5.16. The molecule has 2 N–H and O–H groups in total. The van der Waals surface area contributed by atoms with Crippen LogP contribution < -0.4 is 0 Å². The van der Waals surface area contributed by atoms with Crippen LogP contribution in [0.25, 0.3) is 89.7 Å². The van der Waals surface area contributed by atoms with Crippen molar-refractivity contribution in [2.45, 2.75) is 0 Å². The zero-order valence-electron chi connectivity index (χ0n) is 20.9. The number of hydrogen-bond donors (Lipinski definition) is 2. The van der Waals surface area contributed by atoms with E-state index in [1.807, 2.05) is 97.1 Å². The molecule has 0 radical (unpaired) electrons. The van der Waals surface area contributed by atoms with Crippen LogP contribution in [0, 0.1) is 0 Å². The molecule has 0 fully saturated rings. The summed E-state index contributed by atoms with van der Waals surface area (Å²) in [6.07, 6.45) is 0. The Balaban J connectivity index is 0.00000256. The fraction of sp³-hybridized carbons (Fsp3) is 0. The van der Waals surface area contributed by atoms with Crippen LogP contribution in [-0.4, -0.2) is 58.7 Å². The van der Waals surface area contributed by atoms with Gasteiger partial charge in [-0.25, -0.2) is 29.9 Å². The van der Waals surface area contributed by atoms with Crippen LogP contribution in [0.15, 0.2) is 97.1 Å².